The van der Waals surface area contributed by atoms with Crippen molar-refractivity contribution in [1.29, 1.82) is 5.26 Å². The summed E-state index contributed by atoms with van der Waals surface area (Å²) in [6, 6.07) is 3.82. The zero-order valence-electron chi connectivity index (χ0n) is 9.07. The molecule has 0 fully saturated rings. The first-order chi connectivity index (χ1) is 8.24. The fourth-order valence-corrected chi connectivity index (χ4v) is 2.42. The average Bonchev–Trinajstić information content (AvgIpc) is 2.79. The summed E-state index contributed by atoms with van der Waals surface area (Å²) in [6.07, 6.45) is 2.44. The van der Waals surface area contributed by atoms with E-state index in [0.29, 0.717) is 11.3 Å². The Hall–Kier alpha value is -1.51. The van der Waals surface area contributed by atoms with Crippen LogP contribution in [0, 0.1) is 11.3 Å². The van der Waals surface area contributed by atoms with Gasteiger partial charge in [-0.05, 0) is 29.5 Å². The highest BCUT2D eigenvalue weighted by molar-refractivity contribution is 8.06. The minimum Gasteiger partial charge on any atom is -0.352 e. The molecule has 0 bridgehead atoms. The Bertz CT molecular complexity index is 545. The Balaban J connectivity index is 2.36. The van der Waals surface area contributed by atoms with Crippen molar-refractivity contribution in [3.05, 3.63) is 39.4 Å². The topological polar surface area (TPSA) is 61.6 Å². The molecule has 2 heterocycles. The summed E-state index contributed by atoms with van der Waals surface area (Å²) in [5.41, 5.74) is 2.12. The zero-order chi connectivity index (χ0) is 12.3. The highest BCUT2D eigenvalue weighted by atomic mass is 35.5. The molecule has 1 aromatic rings. The van der Waals surface area contributed by atoms with Crippen LogP contribution in [0.1, 0.15) is 19.0 Å². The average molecular weight is 265 g/mol. The second-order valence-electron chi connectivity index (χ2n) is 3.27. The maximum atomic E-state index is 9.20. The SMILES string of the molecule is CCC1=CSC(=C(C#N)c2ccnc(Cl)n2)N1. The normalized spacial score (nSPS) is 17.1. The maximum absolute atomic E-state index is 9.20. The van der Waals surface area contributed by atoms with Crippen LogP contribution in [0.25, 0.3) is 5.57 Å². The van der Waals surface area contributed by atoms with Crippen molar-refractivity contribution in [2.45, 2.75) is 13.3 Å². The monoisotopic (exact) mass is 264 g/mol. The lowest BCUT2D eigenvalue weighted by Gasteiger charge is -2.05. The molecule has 0 radical (unpaired) electrons. The van der Waals surface area contributed by atoms with Gasteiger partial charge in [-0.2, -0.15) is 5.26 Å². The first kappa shape index (κ1) is 12.0. The highest BCUT2D eigenvalue weighted by Gasteiger charge is 2.16. The third kappa shape index (κ3) is 2.60. The molecule has 1 aliphatic rings. The Kier molecular flexibility index (Phi) is 3.67. The van der Waals surface area contributed by atoms with Gasteiger partial charge in [-0.3, -0.25) is 0 Å². The Morgan fingerprint density at radius 2 is 2.47 bits per heavy atom. The second-order valence-corrected chi connectivity index (χ2v) is 4.48. The molecule has 1 aliphatic heterocycles. The van der Waals surface area contributed by atoms with Gasteiger partial charge in [-0.15, -0.1) is 0 Å². The van der Waals surface area contributed by atoms with Crippen molar-refractivity contribution >= 4 is 28.9 Å². The molecule has 0 saturated heterocycles. The largest absolute Gasteiger partial charge is 0.352 e. The van der Waals surface area contributed by atoms with E-state index in [9.17, 15) is 5.26 Å². The molecule has 0 saturated carbocycles. The first-order valence-electron chi connectivity index (χ1n) is 5.00. The molecule has 86 valence electrons. The van der Waals surface area contributed by atoms with E-state index in [1.165, 1.54) is 18.0 Å². The lowest BCUT2D eigenvalue weighted by atomic mass is 10.2. The van der Waals surface area contributed by atoms with E-state index >= 15 is 0 Å². The van der Waals surface area contributed by atoms with E-state index < -0.39 is 0 Å². The van der Waals surface area contributed by atoms with Gasteiger partial charge in [0.1, 0.15) is 11.6 Å². The van der Waals surface area contributed by atoms with Gasteiger partial charge in [-0.25, -0.2) is 9.97 Å². The summed E-state index contributed by atoms with van der Waals surface area (Å²) >= 11 is 7.20. The first-order valence-corrected chi connectivity index (χ1v) is 6.26. The number of nitrogens with zero attached hydrogens (tertiary/aromatic N) is 3. The van der Waals surface area contributed by atoms with Crippen LogP contribution >= 0.6 is 23.4 Å². The minimum absolute atomic E-state index is 0.141. The van der Waals surface area contributed by atoms with Crippen LogP contribution in [0.15, 0.2) is 28.4 Å². The summed E-state index contributed by atoms with van der Waals surface area (Å²) in [7, 11) is 0. The molecule has 0 aromatic carbocycles. The number of hydrogen-bond acceptors (Lipinski definition) is 5. The van der Waals surface area contributed by atoms with Gasteiger partial charge in [0.2, 0.25) is 5.28 Å². The number of hydrogen-bond donors (Lipinski definition) is 1. The predicted molar refractivity (Wildman–Crippen MR) is 68.7 cm³/mol. The molecule has 0 aliphatic carbocycles. The van der Waals surface area contributed by atoms with Crippen LogP contribution in [0.2, 0.25) is 5.28 Å². The molecule has 4 nitrogen and oxygen atoms in total. The van der Waals surface area contributed by atoms with Gasteiger partial charge in [0.25, 0.3) is 0 Å². The highest BCUT2D eigenvalue weighted by Crippen LogP contribution is 2.31. The molecule has 1 N–H and O–H groups in total. The lowest BCUT2D eigenvalue weighted by Crippen LogP contribution is -2.07. The third-order valence-electron chi connectivity index (χ3n) is 2.20. The fraction of sp³-hybridized carbons (Fsp3) is 0.182. The van der Waals surface area contributed by atoms with Crippen LogP contribution in [0.5, 0.6) is 0 Å². The summed E-state index contributed by atoms with van der Waals surface area (Å²) < 4.78 is 0. The number of rotatable bonds is 2. The number of aromatic nitrogens is 2. The van der Waals surface area contributed by atoms with E-state index in [4.69, 9.17) is 11.6 Å². The number of nitriles is 1. The van der Waals surface area contributed by atoms with Gasteiger partial charge in [0.15, 0.2) is 0 Å². The van der Waals surface area contributed by atoms with Crippen molar-refractivity contribution in [2.24, 2.45) is 0 Å². The van der Waals surface area contributed by atoms with Gasteiger partial charge >= 0.3 is 0 Å². The summed E-state index contributed by atoms with van der Waals surface area (Å²) in [5.74, 6) is 0. The van der Waals surface area contributed by atoms with Gasteiger partial charge in [0, 0.05) is 11.9 Å². The van der Waals surface area contributed by atoms with Crippen molar-refractivity contribution in [3.8, 4) is 6.07 Å². The molecule has 0 spiro atoms. The summed E-state index contributed by atoms with van der Waals surface area (Å²) in [4.78, 5) is 7.83. The Labute approximate surface area is 108 Å². The van der Waals surface area contributed by atoms with Gasteiger partial charge in [0.05, 0.1) is 10.7 Å². The third-order valence-corrected chi connectivity index (χ3v) is 3.32. The van der Waals surface area contributed by atoms with Crippen LogP contribution in [0.3, 0.4) is 0 Å². The summed E-state index contributed by atoms with van der Waals surface area (Å²) in [5, 5.41) is 15.3. The standard InChI is InChI=1S/C11H9ClN4S/c1-2-7-6-17-10(15-7)8(5-13)9-3-4-14-11(12)16-9/h3-4,6,15H,2H2,1H3. The van der Waals surface area contributed by atoms with Crippen LogP contribution in [-0.2, 0) is 0 Å². The second kappa shape index (κ2) is 5.21. The van der Waals surface area contributed by atoms with Crippen LogP contribution in [-0.4, -0.2) is 9.97 Å². The maximum Gasteiger partial charge on any atom is 0.222 e. The van der Waals surface area contributed by atoms with Crippen LogP contribution in [0.4, 0.5) is 0 Å². The molecule has 0 unspecified atom stereocenters. The minimum atomic E-state index is 0.141. The van der Waals surface area contributed by atoms with E-state index in [-0.39, 0.29) is 5.28 Å². The van der Waals surface area contributed by atoms with Gasteiger partial charge < -0.3 is 5.32 Å². The molecule has 0 amide bonds. The van der Waals surface area contributed by atoms with Crippen molar-refractivity contribution in [2.75, 3.05) is 0 Å². The van der Waals surface area contributed by atoms with E-state index in [1.807, 2.05) is 5.41 Å². The molecule has 0 atom stereocenters. The Morgan fingerprint density at radius 3 is 3.06 bits per heavy atom. The van der Waals surface area contributed by atoms with E-state index in [2.05, 4.69) is 28.3 Å². The zero-order valence-corrected chi connectivity index (χ0v) is 10.6. The lowest BCUT2D eigenvalue weighted by molar-refractivity contribution is 0.951. The number of thioether (sulfide) groups is 1. The number of nitrogens with one attached hydrogen (secondary N) is 1. The summed E-state index contributed by atoms with van der Waals surface area (Å²) in [6.45, 7) is 2.05. The van der Waals surface area contributed by atoms with Crippen LogP contribution < -0.4 is 5.32 Å². The molecule has 2 rings (SSSR count). The quantitative estimate of drug-likeness (QED) is 0.657. The number of halogens is 1. The molecule has 6 heteroatoms. The van der Waals surface area contributed by atoms with Gasteiger partial charge in [-0.1, -0.05) is 18.7 Å². The Morgan fingerprint density at radius 1 is 1.65 bits per heavy atom. The number of allylic oxidation sites excluding steroid dienone is 2. The predicted octanol–water partition coefficient (Wildman–Crippen LogP) is 2.91. The van der Waals surface area contributed by atoms with E-state index in [0.717, 1.165) is 17.1 Å². The van der Waals surface area contributed by atoms with Crippen molar-refractivity contribution < 1.29 is 0 Å². The molecule has 1 aromatic heterocycles. The van der Waals surface area contributed by atoms with E-state index in [1.54, 1.807) is 6.07 Å². The fourth-order valence-electron chi connectivity index (χ4n) is 1.33. The smallest absolute Gasteiger partial charge is 0.222 e. The molecular formula is C11H9ClN4S. The molecule has 17 heavy (non-hydrogen) atoms. The molecular weight excluding hydrogens is 256 g/mol. The van der Waals surface area contributed by atoms with Crippen molar-refractivity contribution in [3.63, 3.8) is 0 Å². The van der Waals surface area contributed by atoms with Crippen molar-refractivity contribution in [1.82, 2.24) is 15.3 Å².